The lowest BCUT2D eigenvalue weighted by Crippen LogP contribution is -2.48. The van der Waals surface area contributed by atoms with E-state index in [0.29, 0.717) is 23.4 Å². The number of imide groups is 1. The van der Waals surface area contributed by atoms with Gasteiger partial charge in [0.25, 0.3) is 11.8 Å². The first-order valence-electron chi connectivity index (χ1n) is 8.28. The average Bonchev–Trinajstić information content (AvgIpc) is 2.86. The number of halogens is 1. The summed E-state index contributed by atoms with van der Waals surface area (Å²) in [5.41, 5.74) is 0.668. The van der Waals surface area contributed by atoms with Crippen molar-refractivity contribution in [2.24, 2.45) is 5.92 Å². The number of anilines is 1. The van der Waals surface area contributed by atoms with Gasteiger partial charge in [0.15, 0.2) is 0 Å². The summed E-state index contributed by atoms with van der Waals surface area (Å²) in [4.78, 5) is 43.5. The van der Waals surface area contributed by atoms with Gasteiger partial charge in [0, 0.05) is 10.7 Å². The fourth-order valence-electron chi connectivity index (χ4n) is 2.93. The van der Waals surface area contributed by atoms with Crippen molar-refractivity contribution in [3.05, 3.63) is 58.2 Å². The Morgan fingerprint density at radius 3 is 2.23 bits per heavy atom. The molecule has 0 saturated heterocycles. The van der Waals surface area contributed by atoms with Crippen molar-refractivity contribution in [3.63, 3.8) is 0 Å². The number of aromatic nitrogens is 1. The first kappa shape index (κ1) is 18.3. The molecule has 26 heavy (non-hydrogen) atoms. The molecule has 0 spiro atoms. The zero-order valence-corrected chi connectivity index (χ0v) is 16.0. The molecule has 1 unspecified atom stereocenters. The molecular weight excluding hydrogens is 398 g/mol. The van der Waals surface area contributed by atoms with Crippen LogP contribution in [0.15, 0.2) is 47.1 Å². The van der Waals surface area contributed by atoms with Gasteiger partial charge in [0.1, 0.15) is 11.9 Å². The van der Waals surface area contributed by atoms with E-state index in [1.165, 1.54) is 0 Å². The number of hydrogen-bond acceptors (Lipinski definition) is 4. The van der Waals surface area contributed by atoms with Crippen LogP contribution < -0.4 is 5.32 Å². The molecule has 1 aromatic heterocycles. The minimum absolute atomic E-state index is 0.118. The Hall–Kier alpha value is -2.54. The summed E-state index contributed by atoms with van der Waals surface area (Å²) in [7, 11) is 0. The molecule has 1 atom stereocenters. The lowest BCUT2D eigenvalue weighted by molar-refractivity contribution is -0.120. The summed E-state index contributed by atoms with van der Waals surface area (Å²) in [5, 5.41) is 2.70. The molecule has 0 fully saturated rings. The Balaban J connectivity index is 1.89. The van der Waals surface area contributed by atoms with E-state index in [4.69, 9.17) is 0 Å². The Morgan fingerprint density at radius 1 is 1.12 bits per heavy atom. The quantitative estimate of drug-likeness (QED) is 0.757. The summed E-state index contributed by atoms with van der Waals surface area (Å²) in [6.07, 6.45) is 1.93. The minimum Gasteiger partial charge on any atom is -0.309 e. The zero-order chi connectivity index (χ0) is 18.8. The molecule has 6 nitrogen and oxygen atoms in total. The van der Waals surface area contributed by atoms with E-state index in [-0.39, 0.29) is 5.92 Å². The SMILES string of the molecule is CC(C)CC(C(=O)Nc1ccc(Br)cn1)N1C(=O)c2ccccc2C1=O. The Bertz CT molecular complexity index is 830. The predicted octanol–water partition coefficient (Wildman–Crippen LogP) is 3.49. The standard InChI is InChI=1S/C19H18BrN3O3/c1-11(2)9-15(17(24)22-16-8-7-12(20)10-21-16)23-18(25)13-5-3-4-6-14(13)19(23)26/h3-8,10-11,15H,9H2,1-2H3,(H,21,22,24). The van der Waals surface area contributed by atoms with Gasteiger partial charge < -0.3 is 5.32 Å². The molecule has 2 aromatic rings. The summed E-state index contributed by atoms with van der Waals surface area (Å²) >= 11 is 3.29. The van der Waals surface area contributed by atoms with E-state index in [0.717, 1.165) is 9.37 Å². The molecule has 1 aliphatic rings. The number of hydrogen-bond donors (Lipinski definition) is 1. The van der Waals surface area contributed by atoms with E-state index in [2.05, 4.69) is 26.2 Å². The highest BCUT2D eigenvalue weighted by Gasteiger charge is 2.42. The number of nitrogens with zero attached hydrogens (tertiary/aromatic N) is 2. The number of carbonyl (C=O) groups excluding carboxylic acids is 3. The van der Waals surface area contributed by atoms with Crippen LogP contribution in [0.2, 0.25) is 0 Å². The third-order valence-corrected chi connectivity index (χ3v) is 4.58. The average molecular weight is 416 g/mol. The molecule has 0 bridgehead atoms. The second-order valence-electron chi connectivity index (χ2n) is 6.52. The largest absolute Gasteiger partial charge is 0.309 e. The summed E-state index contributed by atoms with van der Waals surface area (Å²) in [6, 6.07) is 9.13. The third kappa shape index (κ3) is 3.53. The van der Waals surface area contributed by atoms with Crippen LogP contribution in [-0.2, 0) is 4.79 Å². The van der Waals surface area contributed by atoms with Crippen LogP contribution >= 0.6 is 15.9 Å². The van der Waals surface area contributed by atoms with Crippen molar-refractivity contribution in [3.8, 4) is 0 Å². The second kappa shape index (κ2) is 7.37. The molecular formula is C19H18BrN3O3. The van der Waals surface area contributed by atoms with Crippen molar-refractivity contribution in [1.82, 2.24) is 9.88 Å². The van der Waals surface area contributed by atoms with E-state index < -0.39 is 23.8 Å². The number of benzene rings is 1. The van der Waals surface area contributed by atoms with Gasteiger partial charge >= 0.3 is 0 Å². The molecule has 1 aromatic carbocycles. The summed E-state index contributed by atoms with van der Waals surface area (Å²) < 4.78 is 0.787. The molecule has 3 amide bonds. The third-order valence-electron chi connectivity index (χ3n) is 4.11. The van der Waals surface area contributed by atoms with Crippen LogP contribution in [0.4, 0.5) is 5.82 Å². The molecule has 2 heterocycles. The van der Waals surface area contributed by atoms with Gasteiger partial charge in [-0.15, -0.1) is 0 Å². The first-order chi connectivity index (χ1) is 12.4. The first-order valence-corrected chi connectivity index (χ1v) is 9.07. The maximum absolute atomic E-state index is 12.9. The number of pyridine rings is 1. The smallest absolute Gasteiger partial charge is 0.262 e. The zero-order valence-electron chi connectivity index (χ0n) is 14.4. The number of amides is 3. The van der Waals surface area contributed by atoms with Gasteiger partial charge in [-0.2, -0.15) is 0 Å². The van der Waals surface area contributed by atoms with Gasteiger partial charge in [-0.1, -0.05) is 26.0 Å². The predicted molar refractivity (Wildman–Crippen MR) is 101 cm³/mol. The van der Waals surface area contributed by atoms with Gasteiger partial charge in [-0.25, -0.2) is 4.98 Å². The monoisotopic (exact) mass is 415 g/mol. The molecule has 0 aliphatic carbocycles. The molecule has 0 radical (unpaired) electrons. The van der Waals surface area contributed by atoms with Gasteiger partial charge in [0.2, 0.25) is 5.91 Å². The molecule has 0 saturated carbocycles. The number of rotatable bonds is 5. The summed E-state index contributed by atoms with van der Waals surface area (Å²) in [5.74, 6) is -0.815. The van der Waals surface area contributed by atoms with Gasteiger partial charge in [-0.05, 0) is 52.5 Å². The number of nitrogens with one attached hydrogen (secondary N) is 1. The lowest BCUT2D eigenvalue weighted by atomic mass is 10.0. The Morgan fingerprint density at radius 2 is 1.73 bits per heavy atom. The minimum atomic E-state index is -0.896. The Kier molecular flexibility index (Phi) is 5.18. The van der Waals surface area contributed by atoms with Crippen LogP contribution in [0.1, 0.15) is 41.0 Å². The van der Waals surface area contributed by atoms with Gasteiger partial charge in [0.05, 0.1) is 11.1 Å². The van der Waals surface area contributed by atoms with E-state index >= 15 is 0 Å². The maximum atomic E-state index is 12.9. The molecule has 1 aliphatic heterocycles. The fraction of sp³-hybridized carbons (Fsp3) is 0.263. The van der Waals surface area contributed by atoms with Crippen LogP contribution in [-0.4, -0.2) is 33.6 Å². The van der Waals surface area contributed by atoms with Crippen molar-refractivity contribution >= 4 is 39.5 Å². The number of carbonyl (C=O) groups is 3. The van der Waals surface area contributed by atoms with Crippen LogP contribution in [0.5, 0.6) is 0 Å². The molecule has 3 rings (SSSR count). The second-order valence-corrected chi connectivity index (χ2v) is 7.44. The van der Waals surface area contributed by atoms with Gasteiger partial charge in [-0.3, -0.25) is 19.3 Å². The fourth-order valence-corrected chi connectivity index (χ4v) is 3.16. The van der Waals surface area contributed by atoms with Crippen molar-refractivity contribution in [2.45, 2.75) is 26.3 Å². The maximum Gasteiger partial charge on any atom is 0.262 e. The van der Waals surface area contributed by atoms with Crippen molar-refractivity contribution < 1.29 is 14.4 Å². The highest BCUT2D eigenvalue weighted by Crippen LogP contribution is 2.27. The van der Waals surface area contributed by atoms with Crippen molar-refractivity contribution in [2.75, 3.05) is 5.32 Å². The number of fused-ring (bicyclic) bond motifs is 1. The highest BCUT2D eigenvalue weighted by atomic mass is 79.9. The van der Waals surface area contributed by atoms with Crippen LogP contribution in [0.3, 0.4) is 0 Å². The topological polar surface area (TPSA) is 79.4 Å². The van der Waals surface area contributed by atoms with E-state index in [9.17, 15) is 14.4 Å². The van der Waals surface area contributed by atoms with Crippen LogP contribution in [0, 0.1) is 5.92 Å². The summed E-state index contributed by atoms with van der Waals surface area (Å²) in [6.45, 7) is 3.88. The molecule has 1 N–H and O–H groups in total. The Labute approximate surface area is 159 Å². The lowest BCUT2D eigenvalue weighted by Gasteiger charge is -2.26. The molecule has 7 heteroatoms. The normalized spacial score (nSPS) is 14.5. The van der Waals surface area contributed by atoms with E-state index in [1.54, 1.807) is 42.6 Å². The van der Waals surface area contributed by atoms with E-state index in [1.807, 2.05) is 13.8 Å². The van der Waals surface area contributed by atoms with Crippen LogP contribution in [0.25, 0.3) is 0 Å². The van der Waals surface area contributed by atoms with Crippen molar-refractivity contribution in [1.29, 1.82) is 0 Å². The highest BCUT2D eigenvalue weighted by molar-refractivity contribution is 9.10. The molecule has 134 valence electrons.